The lowest BCUT2D eigenvalue weighted by atomic mass is 10.0. The van der Waals surface area contributed by atoms with Crippen LogP contribution >= 0.6 is 0 Å². The van der Waals surface area contributed by atoms with Crippen molar-refractivity contribution in [1.82, 2.24) is 0 Å². The van der Waals surface area contributed by atoms with Crippen LogP contribution in [0.15, 0.2) is 0 Å². The van der Waals surface area contributed by atoms with Gasteiger partial charge in [-0.25, -0.2) is 0 Å². The fraction of sp³-hybridized carbons (Fsp3) is 1.00. The SMILES string of the molecule is CC1CC(OCC2(C)CO2)CC(C)O1. The van der Waals surface area contributed by atoms with Crippen molar-refractivity contribution in [3.05, 3.63) is 0 Å². The monoisotopic (exact) mass is 200 g/mol. The Kier molecular flexibility index (Phi) is 2.82. The van der Waals surface area contributed by atoms with Gasteiger partial charge < -0.3 is 14.2 Å². The Morgan fingerprint density at radius 2 is 1.86 bits per heavy atom. The van der Waals surface area contributed by atoms with E-state index in [2.05, 4.69) is 20.8 Å². The molecule has 0 aromatic carbocycles. The van der Waals surface area contributed by atoms with E-state index in [4.69, 9.17) is 14.2 Å². The molecule has 3 heteroatoms. The van der Waals surface area contributed by atoms with Crippen molar-refractivity contribution in [1.29, 1.82) is 0 Å². The number of ether oxygens (including phenoxy) is 3. The Labute approximate surface area is 85.7 Å². The van der Waals surface area contributed by atoms with Crippen LogP contribution < -0.4 is 0 Å². The molecule has 0 aliphatic carbocycles. The molecule has 0 N–H and O–H groups in total. The Morgan fingerprint density at radius 3 is 2.36 bits per heavy atom. The van der Waals surface area contributed by atoms with Gasteiger partial charge in [-0.1, -0.05) is 0 Å². The maximum atomic E-state index is 5.85. The first-order chi connectivity index (χ1) is 6.57. The predicted molar refractivity (Wildman–Crippen MR) is 53.3 cm³/mol. The second-order valence-corrected chi connectivity index (χ2v) is 4.90. The van der Waals surface area contributed by atoms with Gasteiger partial charge in [-0.15, -0.1) is 0 Å². The van der Waals surface area contributed by atoms with E-state index in [1.54, 1.807) is 0 Å². The minimum Gasteiger partial charge on any atom is -0.375 e. The van der Waals surface area contributed by atoms with E-state index in [9.17, 15) is 0 Å². The number of hydrogen-bond acceptors (Lipinski definition) is 3. The summed E-state index contributed by atoms with van der Waals surface area (Å²) < 4.78 is 16.8. The Morgan fingerprint density at radius 1 is 1.29 bits per heavy atom. The van der Waals surface area contributed by atoms with Crippen LogP contribution in [0.25, 0.3) is 0 Å². The van der Waals surface area contributed by atoms with Gasteiger partial charge >= 0.3 is 0 Å². The van der Waals surface area contributed by atoms with Crippen LogP contribution in [0.3, 0.4) is 0 Å². The van der Waals surface area contributed by atoms with Gasteiger partial charge in [0.2, 0.25) is 0 Å². The quantitative estimate of drug-likeness (QED) is 0.650. The highest BCUT2D eigenvalue weighted by Gasteiger charge is 2.40. The Bertz CT molecular complexity index is 191. The number of rotatable bonds is 3. The lowest BCUT2D eigenvalue weighted by molar-refractivity contribution is -0.107. The van der Waals surface area contributed by atoms with Crippen molar-refractivity contribution in [3.63, 3.8) is 0 Å². The highest BCUT2D eigenvalue weighted by Crippen LogP contribution is 2.29. The molecule has 0 aromatic rings. The smallest absolute Gasteiger partial charge is 0.112 e. The summed E-state index contributed by atoms with van der Waals surface area (Å²) in [7, 11) is 0. The van der Waals surface area contributed by atoms with Crippen molar-refractivity contribution in [3.8, 4) is 0 Å². The maximum Gasteiger partial charge on any atom is 0.112 e. The van der Waals surface area contributed by atoms with Crippen molar-refractivity contribution >= 4 is 0 Å². The zero-order valence-electron chi connectivity index (χ0n) is 9.29. The predicted octanol–water partition coefficient (Wildman–Crippen LogP) is 1.75. The molecule has 3 atom stereocenters. The molecule has 3 unspecified atom stereocenters. The first-order valence-electron chi connectivity index (χ1n) is 5.48. The third-order valence-corrected chi connectivity index (χ3v) is 2.92. The molecule has 0 aromatic heterocycles. The molecule has 2 saturated heterocycles. The molecular formula is C11H20O3. The molecule has 2 aliphatic heterocycles. The summed E-state index contributed by atoms with van der Waals surface area (Å²) in [5, 5.41) is 0. The van der Waals surface area contributed by atoms with E-state index < -0.39 is 0 Å². The maximum absolute atomic E-state index is 5.85. The Balaban J connectivity index is 1.74. The van der Waals surface area contributed by atoms with Gasteiger partial charge in [0, 0.05) is 0 Å². The fourth-order valence-electron chi connectivity index (χ4n) is 1.98. The minimum atomic E-state index is 0.0186. The number of epoxide rings is 1. The van der Waals surface area contributed by atoms with Crippen molar-refractivity contribution < 1.29 is 14.2 Å². The van der Waals surface area contributed by atoms with Gasteiger partial charge in [-0.05, 0) is 33.6 Å². The van der Waals surface area contributed by atoms with Crippen LogP contribution in [0, 0.1) is 0 Å². The van der Waals surface area contributed by atoms with Crippen LogP contribution in [0.2, 0.25) is 0 Å². The van der Waals surface area contributed by atoms with Crippen molar-refractivity contribution in [2.75, 3.05) is 13.2 Å². The first-order valence-corrected chi connectivity index (χ1v) is 5.48. The van der Waals surface area contributed by atoms with Crippen LogP contribution in [0.1, 0.15) is 33.6 Å². The molecular weight excluding hydrogens is 180 g/mol. The second-order valence-electron chi connectivity index (χ2n) is 4.90. The third kappa shape index (κ3) is 2.69. The topological polar surface area (TPSA) is 31.0 Å². The molecule has 14 heavy (non-hydrogen) atoms. The van der Waals surface area contributed by atoms with E-state index >= 15 is 0 Å². The fourth-order valence-corrected chi connectivity index (χ4v) is 1.98. The lowest BCUT2D eigenvalue weighted by Crippen LogP contribution is -2.35. The first kappa shape index (κ1) is 10.4. The highest BCUT2D eigenvalue weighted by atomic mass is 16.6. The summed E-state index contributed by atoms with van der Waals surface area (Å²) in [6.07, 6.45) is 3.05. The summed E-state index contributed by atoms with van der Waals surface area (Å²) in [4.78, 5) is 0. The van der Waals surface area contributed by atoms with Crippen LogP contribution in [-0.4, -0.2) is 37.1 Å². The lowest BCUT2D eigenvalue weighted by Gasteiger charge is -2.32. The molecule has 0 radical (unpaired) electrons. The average Bonchev–Trinajstić information content (AvgIpc) is 2.80. The van der Waals surface area contributed by atoms with Gasteiger partial charge in [-0.2, -0.15) is 0 Å². The molecule has 0 amide bonds. The van der Waals surface area contributed by atoms with E-state index in [-0.39, 0.29) is 5.60 Å². The van der Waals surface area contributed by atoms with Gasteiger partial charge in [-0.3, -0.25) is 0 Å². The Hall–Kier alpha value is -0.120. The molecule has 3 nitrogen and oxygen atoms in total. The van der Waals surface area contributed by atoms with Gasteiger partial charge in [0.05, 0.1) is 31.5 Å². The summed E-state index contributed by atoms with van der Waals surface area (Å²) in [6.45, 7) is 7.90. The standard InChI is InChI=1S/C11H20O3/c1-8-4-10(5-9(2)14-8)12-6-11(3)7-13-11/h8-10H,4-7H2,1-3H3. The molecule has 0 spiro atoms. The summed E-state index contributed by atoms with van der Waals surface area (Å²) in [5.74, 6) is 0. The highest BCUT2D eigenvalue weighted by molar-refractivity contribution is 4.87. The normalized spacial score (nSPS) is 47.8. The summed E-state index contributed by atoms with van der Waals surface area (Å²) >= 11 is 0. The second kappa shape index (κ2) is 3.80. The molecule has 82 valence electrons. The minimum absolute atomic E-state index is 0.0186. The van der Waals surface area contributed by atoms with E-state index in [1.165, 1.54) is 0 Å². The summed E-state index contributed by atoms with van der Waals surface area (Å²) in [5.41, 5.74) is 0.0186. The van der Waals surface area contributed by atoms with E-state index in [0.717, 1.165) is 26.1 Å². The van der Waals surface area contributed by atoms with Crippen molar-refractivity contribution in [2.24, 2.45) is 0 Å². The molecule has 0 saturated carbocycles. The van der Waals surface area contributed by atoms with Crippen LogP contribution in [0.4, 0.5) is 0 Å². The van der Waals surface area contributed by atoms with Crippen LogP contribution in [-0.2, 0) is 14.2 Å². The molecule has 0 bridgehead atoms. The van der Waals surface area contributed by atoms with Gasteiger partial charge in [0.15, 0.2) is 0 Å². The molecule has 2 aliphatic rings. The zero-order chi connectivity index (χ0) is 10.2. The third-order valence-electron chi connectivity index (χ3n) is 2.92. The molecule has 2 heterocycles. The summed E-state index contributed by atoms with van der Waals surface area (Å²) in [6, 6.07) is 0. The van der Waals surface area contributed by atoms with E-state index in [0.29, 0.717) is 18.3 Å². The molecule has 2 rings (SSSR count). The molecule has 2 fully saturated rings. The van der Waals surface area contributed by atoms with Gasteiger partial charge in [0.1, 0.15) is 5.60 Å². The average molecular weight is 200 g/mol. The largest absolute Gasteiger partial charge is 0.375 e. The van der Waals surface area contributed by atoms with E-state index in [1.807, 2.05) is 0 Å². The van der Waals surface area contributed by atoms with Crippen molar-refractivity contribution in [2.45, 2.75) is 57.5 Å². The number of hydrogen-bond donors (Lipinski definition) is 0. The van der Waals surface area contributed by atoms with Gasteiger partial charge in [0.25, 0.3) is 0 Å². The van der Waals surface area contributed by atoms with Crippen LogP contribution in [0.5, 0.6) is 0 Å². The zero-order valence-corrected chi connectivity index (χ0v) is 9.29.